The highest BCUT2D eigenvalue weighted by Crippen LogP contribution is 2.33. The van der Waals surface area contributed by atoms with Gasteiger partial charge in [-0.25, -0.2) is 17.6 Å². The molecule has 0 amide bonds. The Balaban J connectivity index is 2.73. The van der Waals surface area contributed by atoms with Gasteiger partial charge in [0.15, 0.2) is 23.3 Å². The standard InChI is InChI=1S/C11H8F4N2/c1-17(2)4-6-7-5(3-16-6)8(12)10(14)11(15)9(7)13/h3-4H,1-2H3/b6-4-. The largest absolute Gasteiger partial charge is 0.382 e. The maximum Gasteiger partial charge on any atom is 0.198 e. The number of benzene rings is 1. The van der Waals surface area contributed by atoms with E-state index < -0.39 is 23.3 Å². The summed E-state index contributed by atoms with van der Waals surface area (Å²) < 4.78 is 52.9. The molecule has 17 heavy (non-hydrogen) atoms. The topological polar surface area (TPSA) is 15.6 Å². The van der Waals surface area contributed by atoms with Gasteiger partial charge in [0.05, 0.1) is 11.3 Å². The molecule has 2 nitrogen and oxygen atoms in total. The molecule has 1 heterocycles. The van der Waals surface area contributed by atoms with Crippen molar-refractivity contribution in [1.82, 2.24) is 4.90 Å². The van der Waals surface area contributed by atoms with Crippen LogP contribution in [-0.4, -0.2) is 25.2 Å². The van der Waals surface area contributed by atoms with Crippen molar-refractivity contribution >= 4 is 11.9 Å². The van der Waals surface area contributed by atoms with E-state index in [1.54, 1.807) is 19.0 Å². The summed E-state index contributed by atoms with van der Waals surface area (Å²) in [5.41, 5.74) is -0.662. The fraction of sp³-hybridized carbons (Fsp3) is 0.182. The van der Waals surface area contributed by atoms with Gasteiger partial charge >= 0.3 is 0 Å². The Hall–Kier alpha value is -1.85. The van der Waals surface area contributed by atoms with Crippen molar-refractivity contribution in [2.75, 3.05) is 14.1 Å². The minimum absolute atomic E-state index is 0.0558. The number of aliphatic imine (C=N–C) groups is 1. The summed E-state index contributed by atoms with van der Waals surface area (Å²) in [6.45, 7) is 0. The average molecular weight is 244 g/mol. The minimum Gasteiger partial charge on any atom is -0.382 e. The highest BCUT2D eigenvalue weighted by molar-refractivity contribution is 5.97. The van der Waals surface area contributed by atoms with Crippen LogP contribution in [0.5, 0.6) is 0 Å². The van der Waals surface area contributed by atoms with Gasteiger partial charge in [0, 0.05) is 32.1 Å². The molecule has 1 aromatic rings. The van der Waals surface area contributed by atoms with Gasteiger partial charge in [-0.1, -0.05) is 0 Å². The second kappa shape index (κ2) is 3.87. The van der Waals surface area contributed by atoms with Gasteiger partial charge in [-0.3, -0.25) is 4.99 Å². The van der Waals surface area contributed by atoms with Crippen molar-refractivity contribution in [3.8, 4) is 0 Å². The van der Waals surface area contributed by atoms with E-state index in [4.69, 9.17) is 0 Å². The zero-order chi connectivity index (χ0) is 12.7. The number of nitrogens with zero attached hydrogens (tertiary/aromatic N) is 2. The molecule has 1 aliphatic rings. The molecule has 0 spiro atoms. The highest BCUT2D eigenvalue weighted by atomic mass is 19.2. The summed E-state index contributed by atoms with van der Waals surface area (Å²) in [5.74, 6) is -6.50. The first-order chi connectivity index (χ1) is 7.93. The molecular formula is C11H8F4N2. The maximum atomic E-state index is 13.5. The van der Waals surface area contributed by atoms with Gasteiger partial charge in [-0.15, -0.1) is 0 Å². The van der Waals surface area contributed by atoms with Gasteiger partial charge in [-0.05, 0) is 0 Å². The second-order valence-electron chi connectivity index (χ2n) is 3.78. The number of hydrogen-bond donors (Lipinski definition) is 0. The summed E-state index contributed by atoms with van der Waals surface area (Å²) >= 11 is 0. The van der Waals surface area contributed by atoms with E-state index in [0.29, 0.717) is 0 Å². The van der Waals surface area contributed by atoms with Crippen LogP contribution in [0.4, 0.5) is 17.6 Å². The lowest BCUT2D eigenvalue weighted by molar-refractivity contribution is 0.407. The van der Waals surface area contributed by atoms with Gasteiger partial charge in [0.25, 0.3) is 0 Å². The van der Waals surface area contributed by atoms with Crippen LogP contribution in [0.1, 0.15) is 11.1 Å². The zero-order valence-electron chi connectivity index (χ0n) is 9.06. The molecule has 0 aliphatic carbocycles. The summed E-state index contributed by atoms with van der Waals surface area (Å²) in [5, 5.41) is 0. The molecular weight excluding hydrogens is 236 g/mol. The first-order valence-corrected chi connectivity index (χ1v) is 4.72. The molecule has 6 heteroatoms. The van der Waals surface area contributed by atoms with E-state index in [2.05, 4.69) is 4.99 Å². The van der Waals surface area contributed by atoms with E-state index in [0.717, 1.165) is 6.21 Å². The van der Waals surface area contributed by atoms with Crippen LogP contribution in [0.3, 0.4) is 0 Å². The Morgan fingerprint density at radius 2 is 1.59 bits per heavy atom. The van der Waals surface area contributed by atoms with Gasteiger partial charge in [0.1, 0.15) is 0 Å². The van der Waals surface area contributed by atoms with Crippen LogP contribution in [0.15, 0.2) is 11.2 Å². The normalized spacial score (nSPS) is 15.5. The third-order valence-corrected chi connectivity index (χ3v) is 2.27. The molecule has 0 saturated heterocycles. The number of rotatable bonds is 1. The Morgan fingerprint density at radius 3 is 2.18 bits per heavy atom. The highest BCUT2D eigenvalue weighted by Gasteiger charge is 2.29. The third kappa shape index (κ3) is 1.69. The summed E-state index contributed by atoms with van der Waals surface area (Å²) in [7, 11) is 3.29. The molecule has 0 saturated carbocycles. The molecule has 1 aromatic carbocycles. The smallest absolute Gasteiger partial charge is 0.198 e. The molecule has 90 valence electrons. The Labute approximate surface area is 94.9 Å². The fourth-order valence-electron chi connectivity index (χ4n) is 1.56. The van der Waals surface area contributed by atoms with Crippen molar-refractivity contribution < 1.29 is 17.6 Å². The number of fused-ring (bicyclic) bond motifs is 1. The lowest BCUT2D eigenvalue weighted by atomic mass is 10.1. The second-order valence-corrected chi connectivity index (χ2v) is 3.78. The van der Waals surface area contributed by atoms with Crippen molar-refractivity contribution in [1.29, 1.82) is 0 Å². The molecule has 0 atom stereocenters. The van der Waals surface area contributed by atoms with Crippen LogP contribution >= 0.6 is 0 Å². The molecule has 0 unspecified atom stereocenters. The number of halogens is 4. The molecule has 0 aromatic heterocycles. The van der Waals surface area contributed by atoms with E-state index in [-0.39, 0.29) is 16.8 Å². The van der Waals surface area contributed by atoms with Crippen LogP contribution in [0.2, 0.25) is 0 Å². The maximum absolute atomic E-state index is 13.5. The minimum atomic E-state index is -1.82. The Morgan fingerprint density at radius 1 is 1.00 bits per heavy atom. The SMILES string of the molecule is CN(C)/C=C1\N=Cc2c(F)c(F)c(F)c(F)c21. The van der Waals surface area contributed by atoms with Crippen molar-refractivity contribution in [2.45, 2.75) is 0 Å². The van der Waals surface area contributed by atoms with Gasteiger partial charge < -0.3 is 4.90 Å². The van der Waals surface area contributed by atoms with Gasteiger partial charge in [0.2, 0.25) is 0 Å². The quantitative estimate of drug-likeness (QED) is 0.421. The Bertz CT molecular complexity index is 547. The monoisotopic (exact) mass is 244 g/mol. The summed E-state index contributed by atoms with van der Waals surface area (Å²) in [4.78, 5) is 5.27. The number of hydrogen-bond acceptors (Lipinski definition) is 2. The lowest BCUT2D eigenvalue weighted by Crippen LogP contribution is -2.06. The van der Waals surface area contributed by atoms with Gasteiger partial charge in [-0.2, -0.15) is 0 Å². The van der Waals surface area contributed by atoms with E-state index >= 15 is 0 Å². The lowest BCUT2D eigenvalue weighted by Gasteiger charge is -2.08. The first kappa shape index (κ1) is 11.6. The van der Waals surface area contributed by atoms with Crippen LogP contribution in [0.25, 0.3) is 5.70 Å². The van der Waals surface area contributed by atoms with Crippen LogP contribution in [-0.2, 0) is 0 Å². The van der Waals surface area contributed by atoms with Crippen LogP contribution < -0.4 is 0 Å². The van der Waals surface area contributed by atoms with Crippen molar-refractivity contribution in [3.63, 3.8) is 0 Å². The van der Waals surface area contributed by atoms with Crippen molar-refractivity contribution in [2.24, 2.45) is 4.99 Å². The zero-order valence-corrected chi connectivity index (χ0v) is 9.06. The average Bonchev–Trinajstić information content (AvgIpc) is 2.66. The predicted molar refractivity (Wildman–Crippen MR) is 55.5 cm³/mol. The van der Waals surface area contributed by atoms with E-state index in [1.807, 2.05) is 0 Å². The first-order valence-electron chi connectivity index (χ1n) is 4.72. The van der Waals surface area contributed by atoms with E-state index in [9.17, 15) is 17.6 Å². The van der Waals surface area contributed by atoms with Crippen LogP contribution in [0, 0.1) is 23.3 Å². The molecule has 0 fully saturated rings. The predicted octanol–water partition coefficient (Wildman–Crippen LogP) is 2.54. The third-order valence-electron chi connectivity index (χ3n) is 2.27. The van der Waals surface area contributed by atoms with E-state index in [1.165, 1.54) is 6.20 Å². The molecule has 0 N–H and O–H groups in total. The van der Waals surface area contributed by atoms with Crippen molar-refractivity contribution in [3.05, 3.63) is 40.6 Å². The molecule has 1 aliphatic heterocycles. The summed E-state index contributed by atoms with van der Waals surface area (Å²) in [6, 6.07) is 0. The fourth-order valence-corrected chi connectivity index (χ4v) is 1.56. The molecule has 2 rings (SSSR count). The Kier molecular flexibility index (Phi) is 2.65. The molecule has 0 bridgehead atoms. The molecule has 0 radical (unpaired) electrons. The summed E-state index contributed by atoms with van der Waals surface area (Å²) in [6.07, 6.45) is 2.37.